The Morgan fingerprint density at radius 2 is 2.12 bits per heavy atom. The Bertz CT molecular complexity index is 433. The molecule has 0 saturated carbocycles. The Kier molecular flexibility index (Phi) is 3.78. The first-order valence-corrected chi connectivity index (χ1v) is 7.08. The number of carbonyl (C=O) groups is 1. The summed E-state index contributed by atoms with van der Waals surface area (Å²) in [7, 11) is 1.63. The number of H-pyrrole nitrogens is 1. The molecular weight excluding hydrogens is 408 g/mol. The van der Waals surface area contributed by atoms with Crippen molar-refractivity contribution in [3.05, 3.63) is 20.3 Å². The molecule has 88 valence electrons. The minimum Gasteiger partial charge on any atom is -0.375 e. The first-order valence-electron chi connectivity index (χ1n) is 4.58. The van der Waals surface area contributed by atoms with Crippen molar-refractivity contribution in [1.29, 1.82) is 0 Å². The molecule has 0 fully saturated rings. The number of fused-ring (bicyclic) bond motifs is 1. The predicted octanol–water partition coefficient (Wildman–Crippen LogP) is 2.73. The number of ether oxygens (including phenoxy) is 1. The van der Waals surface area contributed by atoms with Gasteiger partial charge in [0, 0.05) is 19.2 Å². The standard InChI is InChI=1S/C9H9Br3N2O2/c1-16-7-3(10)2-13-9(15)6-4(7)5(11)8(12)14-6/h3,7,14H,2H2,1H3,(H,13,15)/t3-,7+/m0/s1. The number of alkyl halides is 1. The quantitative estimate of drug-likeness (QED) is 0.692. The normalized spacial score (nSPS) is 24.9. The minimum absolute atomic E-state index is 0.0432. The van der Waals surface area contributed by atoms with E-state index >= 15 is 0 Å². The van der Waals surface area contributed by atoms with Crippen molar-refractivity contribution in [3.8, 4) is 0 Å². The van der Waals surface area contributed by atoms with Gasteiger partial charge in [-0.1, -0.05) is 15.9 Å². The van der Waals surface area contributed by atoms with E-state index in [1.54, 1.807) is 7.11 Å². The van der Waals surface area contributed by atoms with Crippen LogP contribution in [0, 0.1) is 0 Å². The maximum atomic E-state index is 11.8. The number of carbonyl (C=O) groups excluding carboxylic acids is 1. The predicted molar refractivity (Wildman–Crippen MR) is 71.0 cm³/mol. The van der Waals surface area contributed by atoms with Crippen LogP contribution < -0.4 is 5.32 Å². The van der Waals surface area contributed by atoms with Gasteiger partial charge in [-0.15, -0.1) is 0 Å². The number of rotatable bonds is 1. The van der Waals surface area contributed by atoms with Crippen LogP contribution >= 0.6 is 47.8 Å². The smallest absolute Gasteiger partial charge is 0.268 e. The average molecular weight is 417 g/mol. The van der Waals surface area contributed by atoms with Crippen LogP contribution in [0.5, 0.6) is 0 Å². The Labute approximate surface area is 118 Å². The topological polar surface area (TPSA) is 54.1 Å². The summed E-state index contributed by atoms with van der Waals surface area (Å²) in [6, 6.07) is 0. The van der Waals surface area contributed by atoms with Crippen LogP contribution in [-0.4, -0.2) is 29.4 Å². The second-order valence-electron chi connectivity index (χ2n) is 3.42. The summed E-state index contributed by atoms with van der Waals surface area (Å²) in [5.41, 5.74) is 1.37. The van der Waals surface area contributed by atoms with Crippen molar-refractivity contribution in [3.63, 3.8) is 0 Å². The van der Waals surface area contributed by atoms with Crippen molar-refractivity contribution >= 4 is 53.7 Å². The van der Waals surface area contributed by atoms with Gasteiger partial charge in [-0.2, -0.15) is 0 Å². The number of aromatic amines is 1. The van der Waals surface area contributed by atoms with E-state index in [1.807, 2.05) is 0 Å². The van der Waals surface area contributed by atoms with Gasteiger partial charge in [0.1, 0.15) is 5.69 Å². The van der Waals surface area contributed by atoms with Gasteiger partial charge in [-0.25, -0.2) is 0 Å². The lowest BCUT2D eigenvalue weighted by Gasteiger charge is -2.18. The van der Waals surface area contributed by atoms with Gasteiger partial charge < -0.3 is 15.0 Å². The third-order valence-corrected chi connectivity index (χ3v) is 5.24. The molecule has 2 heterocycles. The summed E-state index contributed by atoms with van der Waals surface area (Å²) >= 11 is 10.3. The maximum Gasteiger partial charge on any atom is 0.268 e. The zero-order valence-corrected chi connectivity index (χ0v) is 13.1. The van der Waals surface area contributed by atoms with Crippen molar-refractivity contribution in [2.75, 3.05) is 13.7 Å². The first-order chi connectivity index (χ1) is 7.56. The van der Waals surface area contributed by atoms with Crippen LogP contribution in [0.1, 0.15) is 22.2 Å². The average Bonchev–Trinajstić information content (AvgIpc) is 2.48. The Hall–Kier alpha value is 0.150. The molecule has 0 aliphatic carbocycles. The molecule has 7 heteroatoms. The van der Waals surface area contributed by atoms with Crippen LogP contribution in [0.4, 0.5) is 0 Å². The van der Waals surface area contributed by atoms with Crippen molar-refractivity contribution in [2.24, 2.45) is 0 Å². The fourth-order valence-corrected chi connectivity index (χ4v) is 3.32. The molecule has 0 saturated heterocycles. The maximum absolute atomic E-state index is 11.8. The monoisotopic (exact) mass is 414 g/mol. The molecule has 0 radical (unpaired) electrons. The van der Waals surface area contributed by atoms with E-state index in [-0.39, 0.29) is 16.8 Å². The number of halogens is 3. The molecule has 1 amide bonds. The summed E-state index contributed by atoms with van der Waals surface area (Å²) in [6.07, 6.45) is -0.175. The van der Waals surface area contributed by atoms with Crippen LogP contribution in [-0.2, 0) is 4.74 Å². The third-order valence-electron chi connectivity index (χ3n) is 2.48. The Morgan fingerprint density at radius 3 is 2.75 bits per heavy atom. The number of methoxy groups -OCH3 is 1. The number of nitrogens with one attached hydrogen (secondary N) is 2. The molecule has 0 bridgehead atoms. The lowest BCUT2D eigenvalue weighted by atomic mass is 10.1. The zero-order chi connectivity index (χ0) is 11.9. The van der Waals surface area contributed by atoms with Gasteiger partial charge in [0.05, 0.1) is 20.0 Å². The molecule has 0 unspecified atom stereocenters. The van der Waals surface area contributed by atoms with Gasteiger partial charge in [-0.05, 0) is 31.9 Å². The van der Waals surface area contributed by atoms with E-state index in [9.17, 15) is 4.79 Å². The minimum atomic E-state index is -0.175. The summed E-state index contributed by atoms with van der Waals surface area (Å²) in [4.78, 5) is 14.9. The van der Waals surface area contributed by atoms with E-state index in [2.05, 4.69) is 58.1 Å². The van der Waals surface area contributed by atoms with E-state index in [0.717, 1.165) is 14.6 Å². The fourth-order valence-electron chi connectivity index (χ4n) is 1.74. The molecule has 2 N–H and O–H groups in total. The molecule has 1 aliphatic heterocycles. The van der Waals surface area contributed by atoms with Crippen LogP contribution in [0.3, 0.4) is 0 Å². The van der Waals surface area contributed by atoms with E-state index in [4.69, 9.17) is 4.74 Å². The molecule has 1 aromatic heterocycles. The summed E-state index contributed by atoms with van der Waals surface area (Å²) < 4.78 is 7.02. The molecular formula is C9H9Br3N2O2. The Morgan fingerprint density at radius 1 is 1.44 bits per heavy atom. The molecule has 0 spiro atoms. The van der Waals surface area contributed by atoms with E-state index < -0.39 is 0 Å². The van der Waals surface area contributed by atoms with E-state index in [0.29, 0.717) is 12.2 Å². The van der Waals surface area contributed by atoms with Crippen molar-refractivity contribution in [1.82, 2.24) is 10.3 Å². The lowest BCUT2D eigenvalue weighted by molar-refractivity contribution is 0.0950. The number of hydrogen-bond acceptors (Lipinski definition) is 2. The van der Waals surface area contributed by atoms with Gasteiger partial charge >= 0.3 is 0 Å². The second-order valence-corrected chi connectivity index (χ2v) is 6.19. The fraction of sp³-hybridized carbons (Fsp3) is 0.444. The number of aromatic nitrogens is 1. The molecule has 1 aliphatic rings. The van der Waals surface area contributed by atoms with Gasteiger partial charge in [-0.3, -0.25) is 4.79 Å². The molecule has 16 heavy (non-hydrogen) atoms. The number of amides is 1. The number of hydrogen-bond donors (Lipinski definition) is 2. The van der Waals surface area contributed by atoms with Gasteiger partial charge in [0.2, 0.25) is 0 Å². The van der Waals surface area contributed by atoms with Gasteiger partial charge in [0.15, 0.2) is 0 Å². The molecule has 1 aromatic rings. The first kappa shape index (κ1) is 12.6. The summed E-state index contributed by atoms with van der Waals surface area (Å²) in [5, 5.41) is 2.82. The van der Waals surface area contributed by atoms with Crippen molar-refractivity contribution < 1.29 is 9.53 Å². The highest BCUT2D eigenvalue weighted by Gasteiger charge is 2.33. The van der Waals surface area contributed by atoms with E-state index in [1.165, 1.54) is 0 Å². The van der Waals surface area contributed by atoms with Gasteiger partial charge in [0.25, 0.3) is 5.91 Å². The van der Waals surface area contributed by atoms with Crippen LogP contribution in [0.2, 0.25) is 0 Å². The second kappa shape index (κ2) is 4.80. The highest BCUT2D eigenvalue weighted by molar-refractivity contribution is 9.13. The van der Waals surface area contributed by atoms with Crippen LogP contribution in [0.15, 0.2) is 9.08 Å². The lowest BCUT2D eigenvalue weighted by Crippen LogP contribution is -2.28. The molecule has 0 aromatic carbocycles. The molecule has 2 rings (SSSR count). The molecule has 4 nitrogen and oxygen atoms in total. The SMILES string of the molecule is CO[C@H]1c2c([nH]c(Br)c2Br)C(=O)NC[C@@H]1Br. The summed E-state index contributed by atoms with van der Waals surface area (Å²) in [6.45, 7) is 0.532. The zero-order valence-electron chi connectivity index (χ0n) is 8.31. The Balaban J connectivity index is 2.59. The highest BCUT2D eigenvalue weighted by atomic mass is 79.9. The highest BCUT2D eigenvalue weighted by Crippen LogP contribution is 2.39. The third kappa shape index (κ3) is 1.98. The van der Waals surface area contributed by atoms with Crippen molar-refractivity contribution in [2.45, 2.75) is 10.9 Å². The summed E-state index contributed by atoms with van der Waals surface area (Å²) in [5.74, 6) is -0.120. The largest absolute Gasteiger partial charge is 0.375 e. The van der Waals surface area contributed by atoms with Crippen LogP contribution in [0.25, 0.3) is 0 Å². The molecule has 2 atom stereocenters.